The van der Waals surface area contributed by atoms with E-state index in [9.17, 15) is 0 Å². The number of hydrogen-bond acceptors (Lipinski definition) is 5. The van der Waals surface area contributed by atoms with E-state index >= 15 is 0 Å². The number of halogens is 1. The van der Waals surface area contributed by atoms with Gasteiger partial charge in [0.25, 0.3) is 0 Å². The van der Waals surface area contributed by atoms with Crippen molar-refractivity contribution in [1.29, 1.82) is 0 Å². The lowest BCUT2D eigenvalue weighted by atomic mass is 10.0. The average molecular weight is 619 g/mol. The molecule has 6 heteroatoms. The van der Waals surface area contributed by atoms with Crippen molar-refractivity contribution in [3.8, 4) is 67.5 Å². The van der Waals surface area contributed by atoms with E-state index in [-0.39, 0.29) is 0 Å². The average Bonchev–Trinajstić information content (AvgIpc) is 3.09. The maximum atomic E-state index is 4.93. The minimum absolute atomic E-state index is 0.617. The molecule has 0 N–H and O–H groups in total. The fourth-order valence-electron chi connectivity index (χ4n) is 4.91. The predicted molar refractivity (Wildman–Crippen MR) is 176 cm³/mol. The molecule has 0 saturated carbocycles. The summed E-state index contributed by atoms with van der Waals surface area (Å²) in [6, 6.07) is 41.1. The van der Waals surface area contributed by atoms with Crippen molar-refractivity contribution >= 4 is 15.9 Å². The molecule has 0 aliphatic rings. The molecule has 7 aromatic rings. The maximum absolute atomic E-state index is 4.93. The fourth-order valence-corrected chi connectivity index (χ4v) is 5.17. The minimum Gasteiger partial charge on any atom is -0.264 e. The zero-order valence-electron chi connectivity index (χ0n) is 23.0. The monoisotopic (exact) mass is 617 g/mol. The molecule has 3 aromatic heterocycles. The van der Waals surface area contributed by atoms with Gasteiger partial charge in [-0.15, -0.1) is 0 Å². The number of benzene rings is 4. The minimum atomic E-state index is 0.617. The number of hydrogen-bond donors (Lipinski definition) is 0. The molecular formula is C37H24BrN5. The summed E-state index contributed by atoms with van der Waals surface area (Å²) in [7, 11) is 0. The zero-order chi connectivity index (χ0) is 29.0. The van der Waals surface area contributed by atoms with Gasteiger partial charge in [0.1, 0.15) is 0 Å². The molecule has 0 aliphatic carbocycles. The Bertz CT molecular complexity index is 1870. The second-order valence-corrected chi connectivity index (χ2v) is 10.9. The van der Waals surface area contributed by atoms with Crippen LogP contribution in [0.1, 0.15) is 0 Å². The number of pyridine rings is 2. The van der Waals surface area contributed by atoms with Gasteiger partial charge in [-0.3, -0.25) is 9.97 Å². The van der Waals surface area contributed by atoms with Crippen LogP contribution >= 0.6 is 15.9 Å². The molecule has 0 aliphatic heterocycles. The summed E-state index contributed by atoms with van der Waals surface area (Å²) in [6.07, 6.45) is 7.28. The van der Waals surface area contributed by atoms with Gasteiger partial charge in [0.05, 0.1) is 0 Å². The summed E-state index contributed by atoms with van der Waals surface area (Å²) >= 11 is 3.52. The first-order valence-corrected chi connectivity index (χ1v) is 14.6. The van der Waals surface area contributed by atoms with E-state index in [0.717, 1.165) is 54.5 Å². The van der Waals surface area contributed by atoms with Gasteiger partial charge in [0, 0.05) is 46.0 Å². The van der Waals surface area contributed by atoms with Gasteiger partial charge in [0.15, 0.2) is 17.5 Å². The van der Waals surface area contributed by atoms with Crippen molar-refractivity contribution in [2.45, 2.75) is 0 Å². The van der Waals surface area contributed by atoms with Crippen LogP contribution in [-0.2, 0) is 0 Å². The van der Waals surface area contributed by atoms with Crippen molar-refractivity contribution in [3.05, 3.63) is 151 Å². The molecule has 4 aromatic carbocycles. The van der Waals surface area contributed by atoms with Crippen LogP contribution < -0.4 is 0 Å². The van der Waals surface area contributed by atoms with Gasteiger partial charge in [-0.1, -0.05) is 113 Å². The predicted octanol–water partition coefficient (Wildman–Crippen LogP) is 9.43. The normalized spacial score (nSPS) is 10.9. The van der Waals surface area contributed by atoms with Gasteiger partial charge in [0.2, 0.25) is 0 Å². The Labute approximate surface area is 258 Å². The lowest BCUT2D eigenvalue weighted by Crippen LogP contribution is -2.00. The van der Waals surface area contributed by atoms with E-state index in [1.165, 1.54) is 0 Å². The molecular weight excluding hydrogens is 594 g/mol. The van der Waals surface area contributed by atoms with Crippen LogP contribution in [0.15, 0.2) is 151 Å². The molecule has 0 atom stereocenters. The summed E-state index contributed by atoms with van der Waals surface area (Å²) in [5.74, 6) is 1.85. The molecule has 5 nitrogen and oxygen atoms in total. The van der Waals surface area contributed by atoms with Gasteiger partial charge in [-0.05, 0) is 57.6 Å². The summed E-state index contributed by atoms with van der Waals surface area (Å²) in [4.78, 5) is 23.3. The van der Waals surface area contributed by atoms with Crippen LogP contribution in [0, 0.1) is 0 Å². The van der Waals surface area contributed by atoms with Gasteiger partial charge < -0.3 is 0 Å². The molecule has 3 heterocycles. The van der Waals surface area contributed by atoms with E-state index in [1.807, 2.05) is 73.1 Å². The molecule has 0 fully saturated rings. The summed E-state index contributed by atoms with van der Waals surface area (Å²) in [5.41, 5.74) is 9.31. The summed E-state index contributed by atoms with van der Waals surface area (Å²) < 4.78 is 1.06. The standard InChI is InChI=1S/C37H24BrN5/c38-34-19-17-26(18-20-34)25-5-11-29(12-6-25)35-41-36(30-13-7-27(8-14-30)32-3-1-21-39-23-32)43-37(42-35)31-15-9-28(10-16-31)33-4-2-22-40-24-33/h1-24H. The van der Waals surface area contributed by atoms with Crippen molar-refractivity contribution in [2.75, 3.05) is 0 Å². The second-order valence-electron chi connectivity index (χ2n) is 10.0. The van der Waals surface area contributed by atoms with Gasteiger partial charge >= 0.3 is 0 Å². The Morgan fingerprint density at radius 3 is 0.953 bits per heavy atom. The Morgan fingerprint density at radius 2 is 0.628 bits per heavy atom. The van der Waals surface area contributed by atoms with Crippen LogP contribution in [0.2, 0.25) is 0 Å². The Morgan fingerprint density at radius 1 is 0.326 bits per heavy atom. The number of rotatable bonds is 6. The third-order valence-electron chi connectivity index (χ3n) is 7.23. The first-order chi connectivity index (χ1) is 21.2. The Hall–Kier alpha value is -5.33. The highest BCUT2D eigenvalue weighted by Crippen LogP contribution is 2.30. The molecule has 0 spiro atoms. The van der Waals surface area contributed by atoms with Crippen molar-refractivity contribution in [3.63, 3.8) is 0 Å². The topological polar surface area (TPSA) is 64.5 Å². The Balaban J connectivity index is 1.28. The van der Waals surface area contributed by atoms with Crippen LogP contribution in [0.5, 0.6) is 0 Å². The maximum Gasteiger partial charge on any atom is 0.164 e. The van der Waals surface area contributed by atoms with Crippen LogP contribution in [0.3, 0.4) is 0 Å². The van der Waals surface area contributed by atoms with E-state index in [2.05, 4.69) is 86.6 Å². The van der Waals surface area contributed by atoms with E-state index < -0.39 is 0 Å². The quantitative estimate of drug-likeness (QED) is 0.186. The highest BCUT2D eigenvalue weighted by Gasteiger charge is 2.13. The molecule has 0 bridgehead atoms. The molecule has 204 valence electrons. The van der Waals surface area contributed by atoms with E-state index in [0.29, 0.717) is 17.5 Å². The first kappa shape index (κ1) is 26.6. The van der Waals surface area contributed by atoms with Crippen LogP contribution in [0.25, 0.3) is 67.5 Å². The molecule has 0 radical (unpaired) electrons. The lowest BCUT2D eigenvalue weighted by molar-refractivity contribution is 1.07. The lowest BCUT2D eigenvalue weighted by Gasteiger charge is -2.10. The summed E-state index contributed by atoms with van der Waals surface area (Å²) in [6.45, 7) is 0. The third-order valence-corrected chi connectivity index (χ3v) is 7.76. The molecule has 7 rings (SSSR count). The van der Waals surface area contributed by atoms with E-state index in [4.69, 9.17) is 15.0 Å². The van der Waals surface area contributed by atoms with Crippen LogP contribution in [-0.4, -0.2) is 24.9 Å². The highest BCUT2D eigenvalue weighted by molar-refractivity contribution is 9.10. The second kappa shape index (κ2) is 11.9. The third kappa shape index (κ3) is 5.87. The molecule has 0 unspecified atom stereocenters. The summed E-state index contributed by atoms with van der Waals surface area (Å²) in [5, 5.41) is 0. The number of aromatic nitrogens is 5. The zero-order valence-corrected chi connectivity index (χ0v) is 24.6. The Kier molecular flexibility index (Phi) is 7.34. The smallest absolute Gasteiger partial charge is 0.164 e. The molecule has 43 heavy (non-hydrogen) atoms. The highest BCUT2D eigenvalue weighted by atomic mass is 79.9. The van der Waals surface area contributed by atoms with Crippen molar-refractivity contribution < 1.29 is 0 Å². The fraction of sp³-hybridized carbons (Fsp3) is 0. The van der Waals surface area contributed by atoms with E-state index in [1.54, 1.807) is 12.4 Å². The largest absolute Gasteiger partial charge is 0.264 e. The number of nitrogens with zero attached hydrogens (tertiary/aromatic N) is 5. The van der Waals surface area contributed by atoms with Crippen LogP contribution in [0.4, 0.5) is 0 Å². The van der Waals surface area contributed by atoms with Crippen molar-refractivity contribution in [2.24, 2.45) is 0 Å². The van der Waals surface area contributed by atoms with Crippen molar-refractivity contribution in [1.82, 2.24) is 24.9 Å². The van der Waals surface area contributed by atoms with Gasteiger partial charge in [-0.2, -0.15) is 0 Å². The first-order valence-electron chi connectivity index (χ1n) is 13.8. The van der Waals surface area contributed by atoms with Gasteiger partial charge in [-0.25, -0.2) is 15.0 Å². The molecule has 0 amide bonds. The SMILES string of the molecule is Brc1ccc(-c2ccc(-c3nc(-c4ccc(-c5cccnc5)cc4)nc(-c4ccc(-c5cccnc5)cc4)n3)cc2)cc1. The molecule has 0 saturated heterocycles.